The van der Waals surface area contributed by atoms with E-state index in [1.54, 1.807) is 6.20 Å². The first-order chi connectivity index (χ1) is 12.3. The fraction of sp³-hybridized carbons (Fsp3) is 0.200. The molecule has 25 heavy (non-hydrogen) atoms. The lowest BCUT2D eigenvalue weighted by Gasteiger charge is -2.36. The number of para-hydroxylation sites is 1. The highest BCUT2D eigenvalue weighted by atomic mass is 16.2. The van der Waals surface area contributed by atoms with E-state index in [-0.39, 0.29) is 5.91 Å². The van der Waals surface area contributed by atoms with Crippen LogP contribution < -0.4 is 4.90 Å². The van der Waals surface area contributed by atoms with Gasteiger partial charge in [-0.3, -0.25) is 9.89 Å². The predicted octanol–water partition coefficient (Wildman–Crippen LogP) is 3.04. The summed E-state index contributed by atoms with van der Waals surface area (Å²) in [5.74, 6) is 0.0420. The summed E-state index contributed by atoms with van der Waals surface area (Å²) in [6.07, 6.45) is 1.63. The van der Waals surface area contributed by atoms with Crippen molar-refractivity contribution in [3.8, 4) is 11.3 Å². The van der Waals surface area contributed by atoms with Crippen molar-refractivity contribution in [1.29, 1.82) is 0 Å². The lowest BCUT2D eigenvalue weighted by Crippen LogP contribution is -2.48. The van der Waals surface area contributed by atoms with Crippen molar-refractivity contribution in [2.24, 2.45) is 0 Å². The Morgan fingerprint density at radius 3 is 2.20 bits per heavy atom. The average Bonchev–Trinajstić information content (AvgIpc) is 3.19. The van der Waals surface area contributed by atoms with Crippen molar-refractivity contribution in [2.75, 3.05) is 31.1 Å². The maximum atomic E-state index is 12.9. The molecule has 1 amide bonds. The number of piperazine rings is 1. The number of aromatic amines is 1. The Labute approximate surface area is 146 Å². The van der Waals surface area contributed by atoms with Gasteiger partial charge in [0, 0.05) is 37.4 Å². The molecule has 2 aromatic carbocycles. The molecule has 1 N–H and O–H groups in total. The summed E-state index contributed by atoms with van der Waals surface area (Å²) >= 11 is 0. The Balaban J connectivity index is 1.48. The maximum Gasteiger partial charge on any atom is 0.257 e. The minimum Gasteiger partial charge on any atom is -0.368 e. The Kier molecular flexibility index (Phi) is 4.21. The zero-order chi connectivity index (χ0) is 17.1. The fourth-order valence-electron chi connectivity index (χ4n) is 3.25. The van der Waals surface area contributed by atoms with E-state index in [2.05, 4.69) is 27.2 Å². The van der Waals surface area contributed by atoms with Gasteiger partial charge in [0.25, 0.3) is 5.91 Å². The molecule has 0 radical (unpaired) electrons. The SMILES string of the molecule is O=C(c1cn[nH]c1-c1ccccc1)N1CCN(c2ccccc2)CC1. The minimum absolute atomic E-state index is 0.0420. The van der Waals surface area contributed by atoms with E-state index >= 15 is 0 Å². The van der Waals surface area contributed by atoms with Crippen LogP contribution in [0.2, 0.25) is 0 Å². The van der Waals surface area contributed by atoms with Crippen LogP contribution in [0, 0.1) is 0 Å². The maximum absolute atomic E-state index is 12.9. The third-order valence-corrected chi connectivity index (χ3v) is 4.62. The highest BCUT2D eigenvalue weighted by molar-refractivity contribution is 5.99. The first-order valence-electron chi connectivity index (χ1n) is 8.51. The van der Waals surface area contributed by atoms with Crippen LogP contribution in [0.1, 0.15) is 10.4 Å². The van der Waals surface area contributed by atoms with Crippen LogP contribution in [0.4, 0.5) is 5.69 Å². The highest BCUT2D eigenvalue weighted by Gasteiger charge is 2.25. The van der Waals surface area contributed by atoms with Crippen molar-refractivity contribution in [3.63, 3.8) is 0 Å². The van der Waals surface area contributed by atoms with Gasteiger partial charge < -0.3 is 9.80 Å². The molecule has 0 bridgehead atoms. The quantitative estimate of drug-likeness (QED) is 0.802. The molecular weight excluding hydrogens is 312 g/mol. The molecular formula is C20H20N4O. The molecule has 0 spiro atoms. The summed E-state index contributed by atoms with van der Waals surface area (Å²) in [6, 6.07) is 20.2. The molecule has 1 aromatic heterocycles. The van der Waals surface area contributed by atoms with Gasteiger partial charge in [0.15, 0.2) is 0 Å². The number of hydrogen-bond donors (Lipinski definition) is 1. The fourth-order valence-corrected chi connectivity index (χ4v) is 3.25. The standard InChI is InChI=1S/C20H20N4O/c25-20(18-15-21-22-19(18)16-7-3-1-4-8-16)24-13-11-23(12-14-24)17-9-5-2-6-10-17/h1-10,15H,11-14H2,(H,21,22). The molecule has 5 nitrogen and oxygen atoms in total. The third-order valence-electron chi connectivity index (χ3n) is 4.62. The number of benzene rings is 2. The summed E-state index contributed by atoms with van der Waals surface area (Å²) < 4.78 is 0. The first kappa shape index (κ1) is 15.4. The molecule has 0 unspecified atom stereocenters. The third kappa shape index (κ3) is 3.13. The number of carbonyl (C=O) groups is 1. The number of anilines is 1. The number of H-pyrrole nitrogens is 1. The van der Waals surface area contributed by atoms with E-state index in [1.165, 1.54) is 5.69 Å². The van der Waals surface area contributed by atoms with Gasteiger partial charge in [-0.2, -0.15) is 5.10 Å². The Bertz CT molecular complexity index is 836. The molecule has 1 saturated heterocycles. The highest BCUT2D eigenvalue weighted by Crippen LogP contribution is 2.23. The van der Waals surface area contributed by atoms with Crippen molar-refractivity contribution in [3.05, 3.63) is 72.4 Å². The lowest BCUT2D eigenvalue weighted by molar-refractivity contribution is 0.0747. The van der Waals surface area contributed by atoms with Crippen molar-refractivity contribution in [1.82, 2.24) is 15.1 Å². The van der Waals surface area contributed by atoms with E-state index in [1.807, 2.05) is 53.4 Å². The number of aromatic nitrogens is 2. The molecule has 4 rings (SSSR count). The van der Waals surface area contributed by atoms with Crippen molar-refractivity contribution in [2.45, 2.75) is 0 Å². The number of carbonyl (C=O) groups excluding carboxylic acids is 1. The largest absolute Gasteiger partial charge is 0.368 e. The van der Waals surface area contributed by atoms with Crippen LogP contribution >= 0.6 is 0 Å². The Morgan fingerprint density at radius 1 is 0.880 bits per heavy atom. The van der Waals surface area contributed by atoms with E-state index < -0.39 is 0 Å². The van der Waals surface area contributed by atoms with Gasteiger partial charge in [0.05, 0.1) is 17.5 Å². The zero-order valence-corrected chi connectivity index (χ0v) is 13.9. The Morgan fingerprint density at radius 2 is 1.52 bits per heavy atom. The first-order valence-corrected chi connectivity index (χ1v) is 8.51. The van der Waals surface area contributed by atoms with E-state index in [4.69, 9.17) is 0 Å². The Hall–Kier alpha value is -3.08. The topological polar surface area (TPSA) is 52.2 Å². The van der Waals surface area contributed by atoms with Gasteiger partial charge in [0.2, 0.25) is 0 Å². The van der Waals surface area contributed by atoms with Gasteiger partial charge in [0.1, 0.15) is 0 Å². The average molecular weight is 332 g/mol. The van der Waals surface area contributed by atoms with E-state index in [0.29, 0.717) is 18.7 Å². The molecule has 2 heterocycles. The van der Waals surface area contributed by atoms with Gasteiger partial charge in [-0.05, 0) is 12.1 Å². The van der Waals surface area contributed by atoms with Gasteiger partial charge in [-0.15, -0.1) is 0 Å². The summed E-state index contributed by atoms with van der Waals surface area (Å²) in [6.45, 7) is 3.11. The van der Waals surface area contributed by atoms with Crippen LogP contribution in [0.15, 0.2) is 66.9 Å². The second kappa shape index (κ2) is 6.81. The minimum atomic E-state index is 0.0420. The van der Waals surface area contributed by atoms with Gasteiger partial charge >= 0.3 is 0 Å². The normalized spacial score (nSPS) is 14.6. The van der Waals surface area contributed by atoms with Crippen LogP contribution in [-0.2, 0) is 0 Å². The molecule has 0 aliphatic carbocycles. The molecule has 1 fully saturated rings. The lowest BCUT2D eigenvalue weighted by atomic mass is 10.1. The van der Waals surface area contributed by atoms with Crippen molar-refractivity contribution < 1.29 is 4.79 Å². The predicted molar refractivity (Wildman–Crippen MR) is 98.6 cm³/mol. The number of rotatable bonds is 3. The van der Waals surface area contributed by atoms with Crippen LogP contribution in [0.3, 0.4) is 0 Å². The second-order valence-electron chi connectivity index (χ2n) is 6.14. The molecule has 3 aromatic rings. The summed E-state index contributed by atoms with van der Waals surface area (Å²) in [4.78, 5) is 17.2. The van der Waals surface area contributed by atoms with Crippen LogP contribution in [0.5, 0.6) is 0 Å². The van der Waals surface area contributed by atoms with Crippen LogP contribution in [-0.4, -0.2) is 47.2 Å². The molecule has 5 heteroatoms. The van der Waals surface area contributed by atoms with E-state index in [0.717, 1.165) is 24.3 Å². The number of amides is 1. The molecule has 1 aliphatic rings. The monoisotopic (exact) mass is 332 g/mol. The zero-order valence-electron chi connectivity index (χ0n) is 13.9. The smallest absolute Gasteiger partial charge is 0.257 e. The summed E-state index contributed by atoms with van der Waals surface area (Å²) in [5.41, 5.74) is 3.62. The molecule has 0 atom stereocenters. The number of nitrogens with zero attached hydrogens (tertiary/aromatic N) is 3. The molecule has 1 aliphatic heterocycles. The van der Waals surface area contributed by atoms with Gasteiger partial charge in [-0.1, -0.05) is 48.5 Å². The molecule has 126 valence electrons. The number of nitrogens with one attached hydrogen (secondary N) is 1. The summed E-state index contributed by atoms with van der Waals surface area (Å²) in [5, 5.41) is 7.06. The second-order valence-corrected chi connectivity index (χ2v) is 6.14. The van der Waals surface area contributed by atoms with E-state index in [9.17, 15) is 4.79 Å². The molecule has 0 saturated carbocycles. The van der Waals surface area contributed by atoms with Crippen molar-refractivity contribution >= 4 is 11.6 Å². The summed E-state index contributed by atoms with van der Waals surface area (Å²) in [7, 11) is 0. The van der Waals surface area contributed by atoms with Crippen LogP contribution in [0.25, 0.3) is 11.3 Å². The van der Waals surface area contributed by atoms with Gasteiger partial charge in [-0.25, -0.2) is 0 Å². The number of hydrogen-bond acceptors (Lipinski definition) is 3.